The van der Waals surface area contributed by atoms with Crippen molar-refractivity contribution in [3.63, 3.8) is 0 Å². The van der Waals surface area contributed by atoms with E-state index in [2.05, 4.69) is 20.7 Å². The van der Waals surface area contributed by atoms with Gasteiger partial charge in [-0.05, 0) is 30.5 Å². The average molecular weight is 336 g/mol. The molecule has 0 radical (unpaired) electrons. The second-order valence-corrected chi connectivity index (χ2v) is 6.29. The number of hydrogen-bond acceptors (Lipinski definition) is 3. The summed E-state index contributed by atoms with van der Waals surface area (Å²) in [6, 6.07) is 6.50. The van der Waals surface area contributed by atoms with Crippen LogP contribution in [0.25, 0.3) is 0 Å². The molecule has 1 rings (SSSR count). The lowest BCUT2D eigenvalue weighted by Gasteiger charge is -2.16. The number of rotatable bonds is 7. The fraction of sp³-hybridized carbons (Fsp3) is 0.500. The molecule has 0 amide bonds. The van der Waals surface area contributed by atoms with Gasteiger partial charge in [0.25, 0.3) is 0 Å². The van der Waals surface area contributed by atoms with E-state index in [0.717, 1.165) is 5.56 Å². The van der Waals surface area contributed by atoms with Gasteiger partial charge < -0.3 is 5.11 Å². The molecule has 1 atom stereocenters. The summed E-state index contributed by atoms with van der Waals surface area (Å²) < 4.78 is 26.7. The molecule has 0 aliphatic heterocycles. The summed E-state index contributed by atoms with van der Waals surface area (Å²) in [5, 5.41) is 9.56. The first-order chi connectivity index (χ1) is 8.53. The van der Waals surface area contributed by atoms with Gasteiger partial charge in [0.15, 0.2) is 0 Å². The van der Waals surface area contributed by atoms with Crippen LogP contribution in [0.3, 0.4) is 0 Å². The quantitative estimate of drug-likeness (QED) is 0.749. The predicted octanol–water partition coefficient (Wildman–Crippen LogP) is 2.02. The van der Waals surface area contributed by atoms with Crippen LogP contribution in [0.5, 0.6) is 0 Å². The molecule has 0 aromatic heterocycles. The van der Waals surface area contributed by atoms with E-state index < -0.39 is 10.0 Å². The van der Waals surface area contributed by atoms with E-state index >= 15 is 0 Å². The van der Waals surface area contributed by atoms with Crippen molar-refractivity contribution in [1.29, 1.82) is 0 Å². The maximum atomic E-state index is 12.1. The Kier molecular flexibility index (Phi) is 6.28. The smallest absolute Gasteiger partial charge is 0.240 e. The van der Waals surface area contributed by atoms with Gasteiger partial charge in [0.2, 0.25) is 10.0 Å². The monoisotopic (exact) mass is 335 g/mol. The van der Waals surface area contributed by atoms with E-state index in [1.54, 1.807) is 24.3 Å². The minimum atomic E-state index is -3.50. The van der Waals surface area contributed by atoms with Gasteiger partial charge in [-0.3, -0.25) is 0 Å². The van der Waals surface area contributed by atoms with Crippen molar-refractivity contribution in [2.24, 2.45) is 0 Å². The van der Waals surface area contributed by atoms with E-state index in [4.69, 9.17) is 5.11 Å². The lowest BCUT2D eigenvalue weighted by atomic mass is 10.2. The maximum Gasteiger partial charge on any atom is 0.240 e. The van der Waals surface area contributed by atoms with E-state index in [-0.39, 0.29) is 17.5 Å². The van der Waals surface area contributed by atoms with Crippen molar-refractivity contribution in [3.8, 4) is 0 Å². The lowest BCUT2D eigenvalue weighted by Crippen LogP contribution is -2.35. The summed E-state index contributed by atoms with van der Waals surface area (Å²) in [7, 11) is -3.50. The molecule has 1 aromatic rings. The van der Waals surface area contributed by atoms with Gasteiger partial charge in [-0.25, -0.2) is 13.1 Å². The molecule has 6 heteroatoms. The largest absolute Gasteiger partial charge is 0.396 e. The van der Waals surface area contributed by atoms with Gasteiger partial charge in [0, 0.05) is 18.0 Å². The third-order valence-corrected chi connectivity index (χ3v) is 4.86. The minimum absolute atomic E-state index is 0.0243. The maximum absolute atomic E-state index is 12.1. The molecule has 0 spiro atoms. The second-order valence-electron chi connectivity index (χ2n) is 4.02. The summed E-state index contributed by atoms with van der Waals surface area (Å²) >= 11 is 3.31. The molecule has 0 aliphatic carbocycles. The van der Waals surface area contributed by atoms with Gasteiger partial charge >= 0.3 is 0 Å². The van der Waals surface area contributed by atoms with Crippen molar-refractivity contribution in [3.05, 3.63) is 29.8 Å². The lowest BCUT2D eigenvalue weighted by molar-refractivity contribution is 0.270. The second kappa shape index (κ2) is 7.23. The molecule has 18 heavy (non-hydrogen) atoms. The zero-order valence-corrected chi connectivity index (χ0v) is 12.7. The van der Waals surface area contributed by atoms with Crippen LogP contribution in [0, 0.1) is 0 Å². The summed E-state index contributed by atoms with van der Waals surface area (Å²) in [6.45, 7) is 1.86. The highest BCUT2D eigenvalue weighted by Gasteiger charge is 2.18. The van der Waals surface area contributed by atoms with E-state index in [0.29, 0.717) is 18.2 Å². The van der Waals surface area contributed by atoms with Crippen LogP contribution >= 0.6 is 15.9 Å². The van der Waals surface area contributed by atoms with Gasteiger partial charge in [0.1, 0.15) is 0 Å². The van der Waals surface area contributed by atoms with Crippen LogP contribution < -0.4 is 4.72 Å². The van der Waals surface area contributed by atoms with Gasteiger partial charge in [0.05, 0.1) is 4.90 Å². The first-order valence-electron chi connectivity index (χ1n) is 5.81. The standard InChI is InChI=1S/C12H18BrNO3S/c1-2-11(7-8-15)14-18(16,17)12-5-3-10(9-13)4-6-12/h3-6,11,14-15H,2,7-9H2,1H3. The molecule has 0 aliphatic rings. The van der Waals surface area contributed by atoms with E-state index in [1.807, 2.05) is 6.92 Å². The number of nitrogens with one attached hydrogen (secondary N) is 1. The molecule has 2 N–H and O–H groups in total. The van der Waals surface area contributed by atoms with Crippen LogP contribution in [0.2, 0.25) is 0 Å². The Hall–Kier alpha value is -0.430. The molecule has 0 heterocycles. The summed E-state index contributed by atoms with van der Waals surface area (Å²) in [4.78, 5) is 0.253. The van der Waals surface area contributed by atoms with E-state index in [9.17, 15) is 8.42 Å². The third kappa shape index (κ3) is 4.35. The van der Waals surface area contributed by atoms with Crippen molar-refractivity contribution < 1.29 is 13.5 Å². The molecular formula is C12H18BrNO3S. The Labute approximate surface area is 117 Å². The zero-order valence-electron chi connectivity index (χ0n) is 10.3. The number of halogens is 1. The Bertz CT molecular complexity index is 459. The number of aliphatic hydroxyl groups is 1. The van der Waals surface area contributed by atoms with Crippen LogP contribution in [-0.4, -0.2) is 26.2 Å². The fourth-order valence-electron chi connectivity index (χ4n) is 1.55. The van der Waals surface area contributed by atoms with Crippen molar-refractivity contribution in [1.82, 2.24) is 4.72 Å². The molecule has 102 valence electrons. The SMILES string of the molecule is CCC(CCO)NS(=O)(=O)c1ccc(CBr)cc1. The van der Waals surface area contributed by atoms with Crippen LogP contribution in [0.15, 0.2) is 29.2 Å². The molecule has 0 saturated carbocycles. The van der Waals surface area contributed by atoms with Gasteiger partial charge in [-0.15, -0.1) is 0 Å². The molecule has 0 fully saturated rings. The molecule has 0 saturated heterocycles. The number of benzene rings is 1. The Balaban J connectivity index is 2.84. The molecule has 4 nitrogen and oxygen atoms in total. The molecule has 1 aromatic carbocycles. The topological polar surface area (TPSA) is 66.4 Å². The summed E-state index contributed by atoms with van der Waals surface area (Å²) in [6.07, 6.45) is 1.08. The fourth-order valence-corrected chi connectivity index (χ4v) is 3.28. The first kappa shape index (κ1) is 15.6. The highest BCUT2D eigenvalue weighted by molar-refractivity contribution is 9.08. The van der Waals surface area contributed by atoms with Crippen LogP contribution in [0.1, 0.15) is 25.3 Å². The number of alkyl halides is 1. The summed E-state index contributed by atoms with van der Waals surface area (Å²) in [5.74, 6) is 0. The normalized spacial score (nSPS) is 13.5. The Morgan fingerprint density at radius 2 is 1.94 bits per heavy atom. The molecular weight excluding hydrogens is 318 g/mol. The summed E-state index contributed by atoms with van der Waals surface area (Å²) in [5.41, 5.74) is 1.02. The van der Waals surface area contributed by atoms with Gasteiger partial charge in [-0.2, -0.15) is 0 Å². The van der Waals surface area contributed by atoms with Crippen molar-refractivity contribution in [2.75, 3.05) is 6.61 Å². The zero-order chi connectivity index (χ0) is 13.6. The molecule has 0 bridgehead atoms. The number of aliphatic hydroxyl groups excluding tert-OH is 1. The predicted molar refractivity (Wildman–Crippen MR) is 75.2 cm³/mol. The number of hydrogen-bond donors (Lipinski definition) is 2. The number of sulfonamides is 1. The molecule has 1 unspecified atom stereocenters. The van der Waals surface area contributed by atoms with Crippen LogP contribution in [0.4, 0.5) is 0 Å². The van der Waals surface area contributed by atoms with Gasteiger partial charge in [-0.1, -0.05) is 35.0 Å². The highest BCUT2D eigenvalue weighted by atomic mass is 79.9. The van der Waals surface area contributed by atoms with Crippen molar-refractivity contribution >= 4 is 26.0 Å². The van der Waals surface area contributed by atoms with E-state index in [1.165, 1.54) is 0 Å². The first-order valence-corrected chi connectivity index (χ1v) is 8.42. The van der Waals surface area contributed by atoms with Crippen LogP contribution in [-0.2, 0) is 15.4 Å². The average Bonchev–Trinajstić information content (AvgIpc) is 2.38. The van der Waals surface area contributed by atoms with Crippen molar-refractivity contribution in [2.45, 2.75) is 36.0 Å². The highest BCUT2D eigenvalue weighted by Crippen LogP contribution is 2.14. The minimum Gasteiger partial charge on any atom is -0.396 e. The Morgan fingerprint density at radius 1 is 1.33 bits per heavy atom. The third-order valence-electron chi connectivity index (χ3n) is 2.68. The Morgan fingerprint density at radius 3 is 2.39 bits per heavy atom.